The van der Waals surface area contributed by atoms with Crippen molar-refractivity contribution in [2.45, 2.75) is 13.0 Å². The molecule has 0 saturated heterocycles. The van der Waals surface area contributed by atoms with Crippen LogP contribution in [0.2, 0.25) is 0 Å². The van der Waals surface area contributed by atoms with Gasteiger partial charge in [0.2, 0.25) is 0 Å². The van der Waals surface area contributed by atoms with Crippen LogP contribution >= 0.6 is 0 Å². The Morgan fingerprint density at radius 3 is 1.88 bits per heavy atom. The summed E-state index contributed by atoms with van der Waals surface area (Å²) >= 11 is 0. The summed E-state index contributed by atoms with van der Waals surface area (Å²) in [5.74, 6) is -4.40. The second kappa shape index (κ2) is 10.5. The second-order valence-corrected chi connectivity index (χ2v) is 2.67. The van der Waals surface area contributed by atoms with E-state index in [-0.39, 0.29) is 59.1 Å². The summed E-state index contributed by atoms with van der Waals surface area (Å²) in [7, 11) is 0. The average Bonchev–Trinajstić information content (AvgIpc) is 1.99. The van der Waals surface area contributed by atoms with E-state index in [1.807, 2.05) is 0 Å². The van der Waals surface area contributed by atoms with Gasteiger partial charge in [-0.3, -0.25) is 9.69 Å². The van der Waals surface area contributed by atoms with Crippen molar-refractivity contribution in [3.8, 4) is 0 Å². The number of carbonyl (C=O) groups is 3. The fourth-order valence-electron chi connectivity index (χ4n) is 0.818. The number of carbonyl (C=O) groups excluding carboxylic acids is 2. The zero-order valence-corrected chi connectivity index (χ0v) is 13.4. The quantitative estimate of drug-likeness (QED) is 0.464. The van der Waals surface area contributed by atoms with E-state index in [9.17, 15) is 24.6 Å². The van der Waals surface area contributed by atoms with Crippen molar-refractivity contribution >= 4 is 17.9 Å². The van der Waals surface area contributed by atoms with E-state index in [1.165, 1.54) is 0 Å². The third-order valence-corrected chi connectivity index (χ3v) is 1.56. The molecule has 0 amide bonds. The van der Waals surface area contributed by atoms with E-state index in [1.54, 1.807) is 0 Å². The normalized spacial score (nSPS) is 10.9. The van der Waals surface area contributed by atoms with Gasteiger partial charge in [-0.15, -0.1) is 0 Å². The molecule has 1 N–H and O–H groups in total. The fourth-order valence-corrected chi connectivity index (χ4v) is 0.818. The molecule has 0 rings (SSSR count). The Labute approximate surface area is 136 Å². The van der Waals surface area contributed by atoms with Gasteiger partial charge in [-0.1, -0.05) is 0 Å². The maximum Gasteiger partial charge on any atom is 1.00 e. The molecule has 0 aromatic carbocycles. The van der Waals surface area contributed by atoms with Gasteiger partial charge in [0.15, 0.2) is 0 Å². The number of rotatable bonds is 6. The number of carboxylic acid groups (broad SMARTS) is 3. The maximum absolute atomic E-state index is 10.3. The number of hydrogen-bond acceptors (Lipinski definition) is 6. The van der Waals surface area contributed by atoms with Gasteiger partial charge >= 0.3 is 65.1 Å². The molecule has 7 nitrogen and oxygen atoms in total. The Balaban J connectivity index is -0.000000845. The first-order chi connectivity index (χ1) is 6.34. The molecule has 16 heavy (non-hydrogen) atoms. The van der Waals surface area contributed by atoms with Gasteiger partial charge in [0.05, 0.1) is 18.5 Å². The number of hydrogen-bond donors (Lipinski definition) is 1. The zero-order chi connectivity index (χ0) is 11.3. The molecule has 0 heterocycles. The van der Waals surface area contributed by atoms with Crippen molar-refractivity contribution in [1.82, 2.24) is 4.90 Å². The molecular formula is C7H9NNa2O6. The van der Waals surface area contributed by atoms with Gasteiger partial charge in [-0.25, -0.2) is 0 Å². The molecule has 1 atom stereocenters. The molecule has 0 spiro atoms. The van der Waals surface area contributed by atoms with Crippen LogP contribution in [-0.2, 0) is 14.4 Å². The predicted molar refractivity (Wildman–Crippen MR) is 38.7 cm³/mol. The summed E-state index contributed by atoms with van der Waals surface area (Å²) in [6, 6.07) is -1.29. The molecule has 0 bridgehead atoms. The molecule has 0 aliphatic carbocycles. The molecule has 0 radical (unpaired) electrons. The van der Waals surface area contributed by atoms with Crippen LogP contribution in [0.1, 0.15) is 6.92 Å². The molecule has 0 aromatic heterocycles. The van der Waals surface area contributed by atoms with Gasteiger partial charge in [0.25, 0.3) is 0 Å². The number of aliphatic carboxylic acids is 3. The summed E-state index contributed by atoms with van der Waals surface area (Å²) in [5.41, 5.74) is 0. The number of nitrogens with zero attached hydrogens (tertiary/aromatic N) is 1. The van der Waals surface area contributed by atoms with Crippen molar-refractivity contribution in [1.29, 1.82) is 0 Å². The summed E-state index contributed by atoms with van der Waals surface area (Å²) in [6.45, 7) is -0.314. The SMILES string of the molecule is C[C@@H](C(=O)[O-])N(CC(=O)[O-])CC(=O)O.[Na+].[Na+]. The fraction of sp³-hybridized carbons (Fsp3) is 0.571. The predicted octanol–water partition coefficient (Wildman–Crippen LogP) is -9.73. The molecule has 0 fully saturated rings. The Morgan fingerprint density at radius 1 is 1.19 bits per heavy atom. The summed E-state index contributed by atoms with van der Waals surface area (Å²) in [5, 5.41) is 28.9. The molecule has 0 aliphatic rings. The minimum atomic E-state index is -1.54. The van der Waals surface area contributed by atoms with Crippen molar-refractivity contribution in [2.75, 3.05) is 13.1 Å². The Kier molecular flexibility index (Phi) is 14.2. The molecule has 0 unspecified atom stereocenters. The molecular weight excluding hydrogens is 240 g/mol. The first-order valence-electron chi connectivity index (χ1n) is 3.71. The molecule has 0 aliphatic heterocycles. The van der Waals surface area contributed by atoms with Gasteiger partial charge in [-0.2, -0.15) is 0 Å². The van der Waals surface area contributed by atoms with E-state index < -0.39 is 37.0 Å². The van der Waals surface area contributed by atoms with Crippen LogP contribution in [0, 0.1) is 0 Å². The minimum absolute atomic E-state index is 0. The maximum atomic E-state index is 10.3. The Bertz CT molecular complexity index is 243. The molecule has 9 heteroatoms. The van der Waals surface area contributed by atoms with Crippen LogP contribution in [0.5, 0.6) is 0 Å². The van der Waals surface area contributed by atoms with Crippen LogP contribution in [-0.4, -0.2) is 47.0 Å². The third-order valence-electron chi connectivity index (χ3n) is 1.56. The van der Waals surface area contributed by atoms with Crippen LogP contribution < -0.4 is 69.3 Å². The summed E-state index contributed by atoms with van der Waals surface area (Å²) in [4.78, 5) is 31.5. The van der Waals surface area contributed by atoms with Crippen molar-refractivity contribution in [3.05, 3.63) is 0 Å². The van der Waals surface area contributed by atoms with E-state index in [4.69, 9.17) is 5.11 Å². The van der Waals surface area contributed by atoms with Crippen molar-refractivity contribution < 1.29 is 88.8 Å². The monoisotopic (exact) mass is 249 g/mol. The molecule has 0 saturated carbocycles. The van der Waals surface area contributed by atoms with Crippen LogP contribution in [0.4, 0.5) is 0 Å². The summed E-state index contributed by atoms with van der Waals surface area (Å²) in [6.07, 6.45) is 0. The second-order valence-electron chi connectivity index (χ2n) is 2.67. The van der Waals surface area contributed by atoms with Crippen LogP contribution in [0.3, 0.4) is 0 Å². The number of carboxylic acids is 3. The van der Waals surface area contributed by atoms with Gasteiger partial charge < -0.3 is 24.9 Å². The van der Waals surface area contributed by atoms with Crippen molar-refractivity contribution in [2.24, 2.45) is 0 Å². The van der Waals surface area contributed by atoms with Gasteiger partial charge in [-0.05, 0) is 6.92 Å². The van der Waals surface area contributed by atoms with Gasteiger partial charge in [0, 0.05) is 12.6 Å². The van der Waals surface area contributed by atoms with Crippen molar-refractivity contribution in [3.63, 3.8) is 0 Å². The first-order valence-corrected chi connectivity index (χ1v) is 3.71. The Morgan fingerprint density at radius 2 is 1.62 bits per heavy atom. The van der Waals surface area contributed by atoms with Gasteiger partial charge in [0.1, 0.15) is 0 Å². The minimum Gasteiger partial charge on any atom is -0.549 e. The summed E-state index contributed by atoms with van der Waals surface area (Å²) < 4.78 is 0. The van der Waals surface area contributed by atoms with E-state index >= 15 is 0 Å². The average molecular weight is 249 g/mol. The zero-order valence-electron chi connectivity index (χ0n) is 9.43. The van der Waals surface area contributed by atoms with Crippen LogP contribution in [0.15, 0.2) is 0 Å². The molecule has 0 aromatic rings. The smallest absolute Gasteiger partial charge is 0.549 e. The van der Waals surface area contributed by atoms with E-state index in [0.717, 1.165) is 6.92 Å². The third kappa shape index (κ3) is 9.59. The molecule has 80 valence electrons. The van der Waals surface area contributed by atoms with Crippen LogP contribution in [0.25, 0.3) is 0 Å². The Hall–Kier alpha value is 0.370. The topological polar surface area (TPSA) is 121 Å². The standard InChI is InChI=1S/C7H11NO6.2Na/c1-4(7(13)14)8(2-5(9)10)3-6(11)12;;/h4H,2-3H2,1H3,(H,9,10)(H,11,12)(H,13,14);;/q;2*+1/p-2/t4-;;/m0../s1. The van der Waals surface area contributed by atoms with E-state index in [2.05, 4.69) is 0 Å². The van der Waals surface area contributed by atoms with E-state index in [0.29, 0.717) is 4.90 Å². The first kappa shape index (κ1) is 21.6. The largest absolute Gasteiger partial charge is 1.00 e.